The molecule has 0 saturated carbocycles. The Morgan fingerprint density at radius 1 is 1.35 bits per heavy atom. The van der Waals surface area contributed by atoms with E-state index in [1.54, 1.807) is 21.7 Å². The summed E-state index contributed by atoms with van der Waals surface area (Å²) in [4.78, 5) is 24.3. The first-order valence-electron chi connectivity index (χ1n) is 5.58. The SMILES string of the molecule is CCN(CC)C(=O)C[n+]1cccc(C(=O)O)c1. The van der Waals surface area contributed by atoms with Gasteiger partial charge in [0.05, 0.1) is 0 Å². The third-order valence-electron chi connectivity index (χ3n) is 2.54. The number of carbonyl (C=O) groups excluding carboxylic acids is 1. The molecule has 0 unspecified atom stereocenters. The second-order valence-corrected chi connectivity index (χ2v) is 3.64. The Hall–Kier alpha value is -1.91. The molecule has 0 aliphatic heterocycles. The number of carboxylic acid groups (broad SMARTS) is 1. The Morgan fingerprint density at radius 3 is 2.53 bits per heavy atom. The van der Waals surface area contributed by atoms with Crippen molar-refractivity contribution in [3.8, 4) is 0 Å². The van der Waals surface area contributed by atoms with E-state index in [4.69, 9.17) is 5.11 Å². The number of aromatic carboxylic acids is 1. The van der Waals surface area contributed by atoms with Crippen LogP contribution >= 0.6 is 0 Å². The molecule has 0 radical (unpaired) electrons. The molecule has 1 aromatic rings. The average Bonchev–Trinajstić information content (AvgIpc) is 2.30. The van der Waals surface area contributed by atoms with Gasteiger partial charge in [0.15, 0.2) is 12.4 Å². The zero-order chi connectivity index (χ0) is 12.8. The number of aromatic nitrogens is 1. The first-order valence-corrected chi connectivity index (χ1v) is 5.58. The van der Waals surface area contributed by atoms with Crippen molar-refractivity contribution in [2.24, 2.45) is 0 Å². The van der Waals surface area contributed by atoms with Crippen LogP contribution in [0.5, 0.6) is 0 Å². The van der Waals surface area contributed by atoms with Crippen molar-refractivity contribution in [1.82, 2.24) is 4.90 Å². The van der Waals surface area contributed by atoms with E-state index in [1.165, 1.54) is 12.3 Å². The lowest BCUT2D eigenvalue weighted by molar-refractivity contribution is -0.685. The third kappa shape index (κ3) is 3.55. The first kappa shape index (κ1) is 13.2. The van der Waals surface area contributed by atoms with E-state index in [-0.39, 0.29) is 18.0 Å². The molecule has 0 aliphatic carbocycles. The molecule has 0 aliphatic rings. The van der Waals surface area contributed by atoms with Gasteiger partial charge in [0.25, 0.3) is 5.91 Å². The lowest BCUT2D eigenvalue weighted by Crippen LogP contribution is -2.44. The van der Waals surface area contributed by atoms with Gasteiger partial charge in [-0.2, -0.15) is 4.57 Å². The molecule has 92 valence electrons. The number of hydrogen-bond acceptors (Lipinski definition) is 2. The van der Waals surface area contributed by atoms with Crippen LogP contribution in [0.15, 0.2) is 24.5 Å². The molecular weight excluding hydrogens is 220 g/mol. The predicted octanol–water partition coefficient (Wildman–Crippen LogP) is 0.541. The van der Waals surface area contributed by atoms with Crippen LogP contribution in [0.25, 0.3) is 0 Å². The normalized spacial score (nSPS) is 10.0. The largest absolute Gasteiger partial charge is 0.477 e. The van der Waals surface area contributed by atoms with E-state index in [2.05, 4.69) is 0 Å². The lowest BCUT2D eigenvalue weighted by Gasteiger charge is -2.16. The second-order valence-electron chi connectivity index (χ2n) is 3.64. The molecular formula is C12H17N2O3+. The first-order chi connectivity index (χ1) is 8.08. The molecule has 1 rings (SSSR count). The smallest absolute Gasteiger partial charge is 0.341 e. The van der Waals surface area contributed by atoms with Crippen LogP contribution in [0.1, 0.15) is 24.2 Å². The highest BCUT2D eigenvalue weighted by atomic mass is 16.4. The lowest BCUT2D eigenvalue weighted by atomic mass is 10.3. The van der Waals surface area contributed by atoms with Crippen molar-refractivity contribution >= 4 is 11.9 Å². The summed E-state index contributed by atoms with van der Waals surface area (Å²) in [6.07, 6.45) is 3.15. The number of nitrogens with zero attached hydrogens (tertiary/aromatic N) is 2. The molecule has 5 heteroatoms. The van der Waals surface area contributed by atoms with Gasteiger partial charge in [-0.1, -0.05) is 0 Å². The van der Waals surface area contributed by atoms with E-state index in [0.717, 1.165) is 0 Å². The van der Waals surface area contributed by atoms with Crippen LogP contribution in [0.2, 0.25) is 0 Å². The molecule has 0 fully saturated rings. The summed E-state index contributed by atoms with van der Waals surface area (Å²) in [5.74, 6) is -1.00. The van der Waals surface area contributed by atoms with Crippen LogP contribution in [-0.4, -0.2) is 35.0 Å². The number of carboxylic acids is 1. The summed E-state index contributed by atoms with van der Waals surface area (Å²) in [6, 6.07) is 3.12. The van der Waals surface area contributed by atoms with Crippen molar-refractivity contribution in [3.05, 3.63) is 30.1 Å². The van der Waals surface area contributed by atoms with Gasteiger partial charge < -0.3 is 10.0 Å². The Labute approximate surface area is 100 Å². The summed E-state index contributed by atoms with van der Waals surface area (Å²) in [7, 11) is 0. The molecule has 0 atom stereocenters. The maximum Gasteiger partial charge on any atom is 0.341 e. The molecule has 1 aromatic heterocycles. The summed E-state index contributed by atoms with van der Waals surface area (Å²) >= 11 is 0. The maximum absolute atomic E-state index is 11.8. The molecule has 1 amide bonds. The maximum atomic E-state index is 11.8. The highest BCUT2D eigenvalue weighted by molar-refractivity contribution is 5.86. The predicted molar refractivity (Wildman–Crippen MR) is 61.5 cm³/mol. The standard InChI is InChI=1S/C12H16N2O3/c1-3-14(4-2)11(15)9-13-7-5-6-10(8-13)12(16)17/h5-8H,3-4,9H2,1-2H3/p+1. The van der Waals surface area contributed by atoms with Crippen LogP contribution in [0.3, 0.4) is 0 Å². The molecule has 0 bridgehead atoms. The summed E-state index contributed by atoms with van der Waals surface area (Å²) < 4.78 is 1.59. The van der Waals surface area contributed by atoms with Gasteiger partial charge in [-0.15, -0.1) is 0 Å². The molecule has 17 heavy (non-hydrogen) atoms. The zero-order valence-electron chi connectivity index (χ0n) is 10.1. The molecule has 1 heterocycles. The molecule has 0 aromatic carbocycles. The summed E-state index contributed by atoms with van der Waals surface area (Å²) in [5.41, 5.74) is 0.180. The monoisotopic (exact) mass is 237 g/mol. The van der Waals surface area contributed by atoms with Gasteiger partial charge in [0.2, 0.25) is 6.54 Å². The van der Waals surface area contributed by atoms with Gasteiger partial charge in [-0.3, -0.25) is 4.79 Å². The Morgan fingerprint density at radius 2 is 2.00 bits per heavy atom. The van der Waals surface area contributed by atoms with Gasteiger partial charge in [-0.05, 0) is 19.9 Å². The van der Waals surface area contributed by atoms with Gasteiger partial charge in [-0.25, -0.2) is 4.79 Å². The highest BCUT2D eigenvalue weighted by Crippen LogP contribution is 1.94. The summed E-state index contributed by atoms with van der Waals surface area (Å²) in [6.45, 7) is 5.32. The molecule has 1 N–H and O–H groups in total. The number of hydrogen-bond donors (Lipinski definition) is 1. The minimum Gasteiger partial charge on any atom is -0.477 e. The van der Waals surface area contributed by atoms with Crippen molar-refractivity contribution in [3.63, 3.8) is 0 Å². The fraction of sp³-hybridized carbons (Fsp3) is 0.417. The highest BCUT2D eigenvalue weighted by Gasteiger charge is 2.16. The van der Waals surface area contributed by atoms with Crippen LogP contribution in [-0.2, 0) is 11.3 Å². The molecule has 0 spiro atoms. The van der Waals surface area contributed by atoms with Crippen molar-refractivity contribution < 1.29 is 19.3 Å². The average molecular weight is 237 g/mol. The number of rotatable bonds is 5. The van der Waals surface area contributed by atoms with Crippen LogP contribution in [0, 0.1) is 0 Å². The fourth-order valence-corrected chi connectivity index (χ4v) is 1.58. The third-order valence-corrected chi connectivity index (χ3v) is 2.54. The number of carbonyl (C=O) groups is 2. The van der Waals surface area contributed by atoms with E-state index < -0.39 is 5.97 Å². The van der Waals surface area contributed by atoms with E-state index in [1.807, 2.05) is 13.8 Å². The quantitative estimate of drug-likeness (QED) is 0.760. The fourth-order valence-electron chi connectivity index (χ4n) is 1.58. The van der Waals surface area contributed by atoms with Crippen molar-refractivity contribution in [2.45, 2.75) is 20.4 Å². The zero-order valence-corrected chi connectivity index (χ0v) is 10.1. The van der Waals surface area contributed by atoms with Crippen LogP contribution in [0.4, 0.5) is 0 Å². The number of likely N-dealkylation sites (N-methyl/N-ethyl adjacent to an activating group) is 1. The minimum atomic E-state index is -0.991. The molecule has 0 saturated heterocycles. The number of amides is 1. The van der Waals surface area contributed by atoms with Crippen molar-refractivity contribution in [2.75, 3.05) is 13.1 Å². The van der Waals surface area contributed by atoms with E-state index in [9.17, 15) is 9.59 Å². The Balaban J connectivity index is 2.78. The van der Waals surface area contributed by atoms with Crippen molar-refractivity contribution in [1.29, 1.82) is 0 Å². The van der Waals surface area contributed by atoms with Gasteiger partial charge >= 0.3 is 5.97 Å². The summed E-state index contributed by atoms with van der Waals surface area (Å²) in [5, 5.41) is 8.84. The van der Waals surface area contributed by atoms with E-state index >= 15 is 0 Å². The van der Waals surface area contributed by atoms with E-state index in [0.29, 0.717) is 13.1 Å². The van der Waals surface area contributed by atoms with Crippen LogP contribution < -0.4 is 4.57 Å². The Bertz CT molecular complexity index is 414. The van der Waals surface area contributed by atoms with Gasteiger partial charge in [0, 0.05) is 19.2 Å². The Kier molecular flexibility index (Phi) is 4.63. The van der Waals surface area contributed by atoms with Gasteiger partial charge in [0.1, 0.15) is 5.56 Å². The minimum absolute atomic E-state index is 0.0115. The topological polar surface area (TPSA) is 61.5 Å². The number of pyridine rings is 1. The second kappa shape index (κ2) is 5.98. The molecule has 5 nitrogen and oxygen atoms in total.